The molecule has 0 radical (unpaired) electrons. The zero-order valence-electron chi connectivity index (χ0n) is 11.4. The monoisotopic (exact) mass is 257 g/mol. The SMILES string of the molecule is CC(C)(C#N)CNC(=O)C1CCNc2ccccc21. The van der Waals surface area contributed by atoms with Crippen molar-refractivity contribution in [3.8, 4) is 6.07 Å². The molecule has 0 fully saturated rings. The second kappa shape index (κ2) is 5.31. The van der Waals surface area contributed by atoms with Gasteiger partial charge in [-0.05, 0) is 31.9 Å². The Balaban J connectivity index is 2.08. The van der Waals surface area contributed by atoms with Crippen molar-refractivity contribution in [2.24, 2.45) is 5.41 Å². The standard InChI is InChI=1S/C15H19N3O/c1-15(2,9-16)10-18-14(19)12-7-8-17-13-6-4-3-5-11(12)13/h3-6,12,17H,7-8,10H2,1-2H3,(H,18,19). The van der Waals surface area contributed by atoms with Gasteiger partial charge in [0.15, 0.2) is 0 Å². The summed E-state index contributed by atoms with van der Waals surface area (Å²) in [6.45, 7) is 4.83. The fraction of sp³-hybridized carbons (Fsp3) is 0.467. The zero-order valence-corrected chi connectivity index (χ0v) is 11.4. The lowest BCUT2D eigenvalue weighted by Gasteiger charge is -2.27. The highest BCUT2D eigenvalue weighted by Crippen LogP contribution is 2.31. The third-order valence-electron chi connectivity index (χ3n) is 3.41. The summed E-state index contributed by atoms with van der Waals surface area (Å²) >= 11 is 0. The highest BCUT2D eigenvalue weighted by atomic mass is 16.1. The summed E-state index contributed by atoms with van der Waals surface area (Å²) in [5.41, 5.74) is 1.55. The number of nitrogens with one attached hydrogen (secondary N) is 2. The molecule has 2 rings (SSSR count). The van der Waals surface area contributed by atoms with Crippen molar-refractivity contribution in [3.63, 3.8) is 0 Å². The highest BCUT2D eigenvalue weighted by Gasteiger charge is 2.27. The first-order valence-electron chi connectivity index (χ1n) is 6.55. The molecule has 19 heavy (non-hydrogen) atoms. The van der Waals surface area contributed by atoms with E-state index in [0.717, 1.165) is 24.2 Å². The van der Waals surface area contributed by atoms with Crippen molar-refractivity contribution in [2.75, 3.05) is 18.4 Å². The minimum absolute atomic E-state index is 0.0114. The quantitative estimate of drug-likeness (QED) is 0.873. The number of carbonyl (C=O) groups is 1. The molecule has 0 saturated heterocycles. The molecule has 0 aliphatic carbocycles. The van der Waals surface area contributed by atoms with Gasteiger partial charge < -0.3 is 10.6 Å². The van der Waals surface area contributed by atoms with E-state index in [1.807, 2.05) is 38.1 Å². The molecule has 0 spiro atoms. The van der Waals surface area contributed by atoms with Crippen molar-refractivity contribution in [1.82, 2.24) is 5.32 Å². The van der Waals surface area contributed by atoms with Gasteiger partial charge in [-0.3, -0.25) is 4.79 Å². The van der Waals surface area contributed by atoms with Gasteiger partial charge in [-0.15, -0.1) is 0 Å². The van der Waals surface area contributed by atoms with Crippen LogP contribution in [0.5, 0.6) is 0 Å². The van der Waals surface area contributed by atoms with Gasteiger partial charge in [-0.25, -0.2) is 0 Å². The molecule has 0 saturated carbocycles. The summed E-state index contributed by atoms with van der Waals surface area (Å²) in [5.74, 6) is -0.107. The average molecular weight is 257 g/mol. The van der Waals surface area contributed by atoms with Gasteiger partial charge >= 0.3 is 0 Å². The number of amides is 1. The molecule has 4 heteroatoms. The molecular formula is C15H19N3O. The van der Waals surface area contributed by atoms with Crippen LogP contribution >= 0.6 is 0 Å². The predicted molar refractivity (Wildman–Crippen MR) is 74.7 cm³/mol. The van der Waals surface area contributed by atoms with E-state index in [4.69, 9.17) is 5.26 Å². The van der Waals surface area contributed by atoms with Crippen molar-refractivity contribution >= 4 is 11.6 Å². The van der Waals surface area contributed by atoms with Crippen LogP contribution in [0.1, 0.15) is 31.7 Å². The molecule has 1 amide bonds. The van der Waals surface area contributed by atoms with Crippen LogP contribution in [-0.2, 0) is 4.79 Å². The zero-order chi connectivity index (χ0) is 13.9. The summed E-state index contributed by atoms with van der Waals surface area (Å²) in [4.78, 5) is 12.3. The maximum atomic E-state index is 12.3. The minimum Gasteiger partial charge on any atom is -0.385 e. The van der Waals surface area contributed by atoms with E-state index in [1.165, 1.54) is 0 Å². The Kier molecular flexibility index (Phi) is 3.75. The number of para-hydroxylation sites is 1. The first-order valence-corrected chi connectivity index (χ1v) is 6.55. The molecule has 4 nitrogen and oxygen atoms in total. The van der Waals surface area contributed by atoms with Crippen LogP contribution in [0.4, 0.5) is 5.69 Å². The molecule has 1 heterocycles. The van der Waals surface area contributed by atoms with Crippen LogP contribution in [0.3, 0.4) is 0 Å². The highest BCUT2D eigenvalue weighted by molar-refractivity contribution is 5.86. The van der Waals surface area contributed by atoms with Crippen LogP contribution in [0, 0.1) is 16.7 Å². The Morgan fingerprint density at radius 1 is 1.53 bits per heavy atom. The number of nitrogens with zero attached hydrogens (tertiary/aromatic N) is 1. The fourth-order valence-corrected chi connectivity index (χ4v) is 2.21. The molecule has 1 atom stereocenters. The lowest BCUT2D eigenvalue weighted by Crippen LogP contribution is -2.38. The van der Waals surface area contributed by atoms with Gasteiger partial charge in [-0.2, -0.15) is 5.26 Å². The van der Waals surface area contributed by atoms with Gasteiger partial charge in [0.1, 0.15) is 0 Å². The predicted octanol–water partition coefficient (Wildman–Crippen LogP) is 2.25. The molecule has 1 aromatic rings. The van der Waals surface area contributed by atoms with Crippen molar-refractivity contribution in [2.45, 2.75) is 26.2 Å². The molecule has 1 aliphatic heterocycles. The van der Waals surface area contributed by atoms with Gasteiger partial charge in [0.25, 0.3) is 0 Å². The average Bonchev–Trinajstić information content (AvgIpc) is 2.44. The number of rotatable bonds is 3. The van der Waals surface area contributed by atoms with Gasteiger partial charge in [-0.1, -0.05) is 18.2 Å². The minimum atomic E-state index is -0.526. The molecule has 100 valence electrons. The largest absolute Gasteiger partial charge is 0.385 e. The topological polar surface area (TPSA) is 64.9 Å². The van der Waals surface area contributed by atoms with Gasteiger partial charge in [0.2, 0.25) is 5.91 Å². The van der Waals surface area contributed by atoms with E-state index in [2.05, 4.69) is 16.7 Å². The van der Waals surface area contributed by atoms with Crippen LogP contribution in [0.2, 0.25) is 0 Å². The Hall–Kier alpha value is -2.02. The molecule has 0 aromatic heterocycles. The van der Waals surface area contributed by atoms with Gasteiger partial charge in [0, 0.05) is 18.8 Å². The molecule has 0 bridgehead atoms. The van der Waals surface area contributed by atoms with Gasteiger partial charge in [0.05, 0.1) is 17.4 Å². The Morgan fingerprint density at radius 2 is 2.26 bits per heavy atom. The van der Waals surface area contributed by atoms with Crippen LogP contribution < -0.4 is 10.6 Å². The second-order valence-electron chi connectivity index (χ2n) is 5.57. The van der Waals surface area contributed by atoms with Crippen molar-refractivity contribution < 1.29 is 4.79 Å². The number of anilines is 1. The van der Waals surface area contributed by atoms with Crippen LogP contribution in [-0.4, -0.2) is 19.0 Å². The number of fused-ring (bicyclic) bond motifs is 1. The van der Waals surface area contributed by atoms with E-state index in [1.54, 1.807) is 0 Å². The molecular weight excluding hydrogens is 238 g/mol. The Bertz CT molecular complexity index is 516. The Labute approximate surface area is 113 Å². The first-order chi connectivity index (χ1) is 9.03. The fourth-order valence-electron chi connectivity index (χ4n) is 2.21. The summed E-state index contributed by atoms with van der Waals surface area (Å²) in [6.07, 6.45) is 0.788. The smallest absolute Gasteiger partial charge is 0.227 e. The van der Waals surface area contributed by atoms with E-state index in [-0.39, 0.29) is 11.8 Å². The molecule has 1 aromatic carbocycles. The lowest BCUT2D eigenvalue weighted by atomic mass is 9.89. The summed E-state index contributed by atoms with van der Waals surface area (Å²) in [7, 11) is 0. The third kappa shape index (κ3) is 3.05. The maximum absolute atomic E-state index is 12.3. The normalized spacial score (nSPS) is 17.8. The number of carbonyl (C=O) groups excluding carboxylic acids is 1. The van der Waals surface area contributed by atoms with Crippen LogP contribution in [0.25, 0.3) is 0 Å². The summed E-state index contributed by atoms with van der Waals surface area (Å²) < 4.78 is 0. The Morgan fingerprint density at radius 3 is 3.00 bits per heavy atom. The number of nitriles is 1. The first kappa shape index (κ1) is 13.4. The molecule has 1 aliphatic rings. The van der Waals surface area contributed by atoms with E-state index in [0.29, 0.717) is 6.54 Å². The second-order valence-corrected chi connectivity index (χ2v) is 5.57. The summed E-state index contributed by atoms with van der Waals surface area (Å²) in [6, 6.07) is 10.1. The summed E-state index contributed by atoms with van der Waals surface area (Å²) in [5, 5.41) is 15.2. The molecule has 1 unspecified atom stereocenters. The lowest BCUT2D eigenvalue weighted by molar-refractivity contribution is -0.123. The van der Waals surface area contributed by atoms with E-state index >= 15 is 0 Å². The number of hydrogen-bond acceptors (Lipinski definition) is 3. The number of hydrogen-bond donors (Lipinski definition) is 2. The van der Waals surface area contributed by atoms with E-state index < -0.39 is 5.41 Å². The maximum Gasteiger partial charge on any atom is 0.227 e. The third-order valence-corrected chi connectivity index (χ3v) is 3.41. The van der Waals surface area contributed by atoms with E-state index in [9.17, 15) is 4.79 Å². The number of benzene rings is 1. The van der Waals surface area contributed by atoms with Crippen LogP contribution in [0.15, 0.2) is 24.3 Å². The van der Waals surface area contributed by atoms with Crippen molar-refractivity contribution in [1.29, 1.82) is 5.26 Å². The van der Waals surface area contributed by atoms with Crippen molar-refractivity contribution in [3.05, 3.63) is 29.8 Å². The molecule has 2 N–H and O–H groups in total.